The highest BCUT2D eigenvalue weighted by atomic mass is 16.5. The van der Waals surface area contributed by atoms with Gasteiger partial charge < -0.3 is 4.74 Å². The van der Waals surface area contributed by atoms with Crippen LogP contribution in [0.2, 0.25) is 0 Å². The maximum atomic E-state index is 5.80. The van der Waals surface area contributed by atoms with Gasteiger partial charge in [-0.3, -0.25) is 4.99 Å². The van der Waals surface area contributed by atoms with Crippen LogP contribution in [0.1, 0.15) is 47.5 Å². The molecule has 0 aromatic rings. The molecule has 13 heavy (non-hydrogen) atoms. The molecule has 0 aliphatic carbocycles. The van der Waals surface area contributed by atoms with Crippen molar-refractivity contribution in [2.75, 3.05) is 6.54 Å². The minimum atomic E-state index is -0.156. The standard InChI is InChI=1S/C9H17NO.C2H6/c1-4-8-5-6-10-7-9(2,3)11-8;1-2/h7-8H,4-6H2,1-3H3;1-2H3. The average Bonchev–Trinajstić information content (AvgIpc) is 2.29. The Balaban J connectivity index is 0.000000671. The second kappa shape index (κ2) is 6.14. The van der Waals surface area contributed by atoms with E-state index in [-0.39, 0.29) is 5.60 Å². The highest BCUT2D eigenvalue weighted by Gasteiger charge is 2.22. The Labute approximate surface area is 82.4 Å². The molecule has 78 valence electrons. The molecule has 0 saturated heterocycles. The molecule has 2 heteroatoms. The molecule has 0 bridgehead atoms. The van der Waals surface area contributed by atoms with Crippen molar-refractivity contribution in [3.63, 3.8) is 0 Å². The summed E-state index contributed by atoms with van der Waals surface area (Å²) < 4.78 is 5.80. The summed E-state index contributed by atoms with van der Waals surface area (Å²) in [6.45, 7) is 11.2. The number of ether oxygens (including phenoxy) is 1. The lowest BCUT2D eigenvalue weighted by Gasteiger charge is -2.24. The van der Waals surface area contributed by atoms with Gasteiger partial charge in [0.25, 0.3) is 0 Å². The van der Waals surface area contributed by atoms with Crippen LogP contribution in [0.3, 0.4) is 0 Å². The van der Waals surface area contributed by atoms with Crippen molar-refractivity contribution in [2.24, 2.45) is 4.99 Å². The summed E-state index contributed by atoms with van der Waals surface area (Å²) in [5, 5.41) is 0. The van der Waals surface area contributed by atoms with Crippen molar-refractivity contribution >= 4 is 6.21 Å². The van der Waals surface area contributed by atoms with E-state index in [2.05, 4.69) is 25.8 Å². The van der Waals surface area contributed by atoms with E-state index < -0.39 is 0 Å². The molecule has 0 spiro atoms. The largest absolute Gasteiger partial charge is 0.367 e. The summed E-state index contributed by atoms with van der Waals surface area (Å²) in [5.74, 6) is 0. The number of hydrogen-bond donors (Lipinski definition) is 0. The van der Waals surface area contributed by atoms with Gasteiger partial charge >= 0.3 is 0 Å². The SMILES string of the molecule is CC.CCC1CCN=CC(C)(C)O1. The molecule has 0 fully saturated rings. The van der Waals surface area contributed by atoms with Gasteiger partial charge in [0.1, 0.15) is 0 Å². The monoisotopic (exact) mass is 185 g/mol. The molecule has 1 rings (SSSR count). The molecule has 0 radical (unpaired) electrons. The molecular weight excluding hydrogens is 162 g/mol. The Hall–Kier alpha value is -0.370. The number of rotatable bonds is 1. The third-order valence-electron chi connectivity index (χ3n) is 1.91. The van der Waals surface area contributed by atoms with E-state index in [0.29, 0.717) is 6.10 Å². The van der Waals surface area contributed by atoms with Gasteiger partial charge in [-0.05, 0) is 26.7 Å². The molecule has 0 aromatic heterocycles. The molecular formula is C11H23NO. The predicted molar refractivity (Wildman–Crippen MR) is 58.6 cm³/mol. The molecule has 1 aliphatic heterocycles. The van der Waals surface area contributed by atoms with E-state index in [4.69, 9.17) is 4.74 Å². The van der Waals surface area contributed by atoms with E-state index in [0.717, 1.165) is 19.4 Å². The van der Waals surface area contributed by atoms with Gasteiger partial charge in [-0.2, -0.15) is 0 Å². The minimum Gasteiger partial charge on any atom is -0.367 e. The molecule has 0 aromatic carbocycles. The van der Waals surface area contributed by atoms with Gasteiger partial charge in [0.2, 0.25) is 0 Å². The van der Waals surface area contributed by atoms with Gasteiger partial charge in [-0.15, -0.1) is 0 Å². The van der Waals surface area contributed by atoms with Crippen molar-refractivity contribution in [1.82, 2.24) is 0 Å². The number of hydrogen-bond acceptors (Lipinski definition) is 2. The van der Waals surface area contributed by atoms with E-state index in [1.165, 1.54) is 0 Å². The third kappa shape index (κ3) is 5.04. The van der Waals surface area contributed by atoms with Crippen molar-refractivity contribution in [2.45, 2.75) is 59.2 Å². The van der Waals surface area contributed by atoms with Crippen LogP contribution in [-0.2, 0) is 4.74 Å². The molecule has 1 aliphatic rings. The van der Waals surface area contributed by atoms with Crippen LogP contribution < -0.4 is 0 Å². The fourth-order valence-corrected chi connectivity index (χ4v) is 1.31. The third-order valence-corrected chi connectivity index (χ3v) is 1.91. The molecule has 1 atom stereocenters. The first-order chi connectivity index (χ1) is 6.14. The maximum Gasteiger partial charge on any atom is 0.0975 e. The molecule has 0 N–H and O–H groups in total. The zero-order valence-electron chi connectivity index (χ0n) is 9.63. The van der Waals surface area contributed by atoms with E-state index >= 15 is 0 Å². The van der Waals surface area contributed by atoms with Crippen LogP contribution in [0.4, 0.5) is 0 Å². The van der Waals surface area contributed by atoms with Crippen LogP contribution in [0, 0.1) is 0 Å². The van der Waals surface area contributed by atoms with Crippen LogP contribution >= 0.6 is 0 Å². The highest BCUT2D eigenvalue weighted by molar-refractivity contribution is 5.67. The first-order valence-electron chi connectivity index (χ1n) is 5.33. The summed E-state index contributed by atoms with van der Waals surface area (Å²) in [7, 11) is 0. The molecule has 1 unspecified atom stereocenters. The smallest absolute Gasteiger partial charge is 0.0975 e. The summed E-state index contributed by atoms with van der Waals surface area (Å²) >= 11 is 0. The Morgan fingerprint density at radius 2 is 2.08 bits per heavy atom. The maximum absolute atomic E-state index is 5.80. The normalized spacial score (nSPS) is 25.8. The van der Waals surface area contributed by atoms with E-state index in [9.17, 15) is 0 Å². The zero-order chi connectivity index (χ0) is 10.3. The predicted octanol–water partition coefficient (Wildman–Crippen LogP) is 3.06. The summed E-state index contributed by atoms with van der Waals surface area (Å²) in [6.07, 6.45) is 4.47. The van der Waals surface area contributed by atoms with Crippen molar-refractivity contribution in [1.29, 1.82) is 0 Å². The van der Waals surface area contributed by atoms with Gasteiger partial charge in [-0.1, -0.05) is 20.8 Å². The Morgan fingerprint density at radius 3 is 2.62 bits per heavy atom. The lowest BCUT2D eigenvalue weighted by molar-refractivity contribution is -0.0259. The summed E-state index contributed by atoms with van der Waals surface area (Å²) in [5.41, 5.74) is -0.156. The Bertz CT molecular complexity index is 152. The Kier molecular flexibility index (Phi) is 5.97. The minimum absolute atomic E-state index is 0.156. The van der Waals surface area contributed by atoms with Crippen molar-refractivity contribution in [3.8, 4) is 0 Å². The van der Waals surface area contributed by atoms with Gasteiger partial charge in [-0.25, -0.2) is 0 Å². The molecule has 2 nitrogen and oxygen atoms in total. The van der Waals surface area contributed by atoms with Gasteiger partial charge in [0.15, 0.2) is 0 Å². The van der Waals surface area contributed by atoms with Crippen LogP contribution in [0.25, 0.3) is 0 Å². The number of nitrogens with zero attached hydrogens (tertiary/aromatic N) is 1. The Morgan fingerprint density at radius 1 is 1.46 bits per heavy atom. The first-order valence-corrected chi connectivity index (χ1v) is 5.33. The fourth-order valence-electron chi connectivity index (χ4n) is 1.31. The lowest BCUT2D eigenvalue weighted by atomic mass is 10.1. The number of aliphatic imine (C=N–C) groups is 1. The van der Waals surface area contributed by atoms with Gasteiger partial charge in [0, 0.05) is 12.8 Å². The molecule has 0 saturated carbocycles. The fraction of sp³-hybridized carbons (Fsp3) is 0.909. The van der Waals surface area contributed by atoms with Crippen LogP contribution in [0.15, 0.2) is 4.99 Å². The van der Waals surface area contributed by atoms with E-state index in [1.807, 2.05) is 20.1 Å². The summed E-state index contributed by atoms with van der Waals surface area (Å²) in [4.78, 5) is 4.27. The molecule has 1 heterocycles. The summed E-state index contributed by atoms with van der Waals surface area (Å²) in [6, 6.07) is 0. The average molecular weight is 185 g/mol. The van der Waals surface area contributed by atoms with E-state index in [1.54, 1.807) is 0 Å². The van der Waals surface area contributed by atoms with Gasteiger partial charge in [0.05, 0.1) is 11.7 Å². The van der Waals surface area contributed by atoms with Crippen molar-refractivity contribution < 1.29 is 4.74 Å². The van der Waals surface area contributed by atoms with Crippen molar-refractivity contribution in [3.05, 3.63) is 0 Å². The second-order valence-electron chi connectivity index (χ2n) is 3.58. The quantitative estimate of drug-likeness (QED) is 0.615. The topological polar surface area (TPSA) is 21.6 Å². The second-order valence-corrected chi connectivity index (χ2v) is 3.58. The first kappa shape index (κ1) is 12.6. The molecule has 0 amide bonds. The zero-order valence-corrected chi connectivity index (χ0v) is 9.63. The van der Waals surface area contributed by atoms with Crippen LogP contribution in [0.5, 0.6) is 0 Å². The lowest BCUT2D eigenvalue weighted by Crippen LogP contribution is -2.30. The highest BCUT2D eigenvalue weighted by Crippen LogP contribution is 2.17. The van der Waals surface area contributed by atoms with Crippen LogP contribution in [-0.4, -0.2) is 24.5 Å².